The van der Waals surface area contributed by atoms with Crippen molar-refractivity contribution < 1.29 is 9.47 Å². The van der Waals surface area contributed by atoms with E-state index in [0.29, 0.717) is 33.4 Å². The monoisotopic (exact) mass is 422 g/mol. The summed E-state index contributed by atoms with van der Waals surface area (Å²) < 4.78 is 13.2. The molecule has 0 atom stereocenters. The van der Waals surface area contributed by atoms with Gasteiger partial charge in [-0.1, -0.05) is 37.2 Å². The highest BCUT2D eigenvalue weighted by molar-refractivity contribution is 7.15. The molecular formula is C22H22N4O3S. The predicted octanol–water partition coefficient (Wildman–Crippen LogP) is 3.34. The van der Waals surface area contributed by atoms with Gasteiger partial charge in [0.05, 0.1) is 18.2 Å². The summed E-state index contributed by atoms with van der Waals surface area (Å²) in [4.78, 5) is 21.8. The molecule has 0 aliphatic rings. The Morgan fingerprint density at radius 2 is 1.97 bits per heavy atom. The van der Waals surface area contributed by atoms with E-state index in [0.717, 1.165) is 30.4 Å². The fourth-order valence-electron chi connectivity index (χ4n) is 3.04. The minimum Gasteiger partial charge on any atom is -0.493 e. The number of benzene rings is 1. The number of hydrogen-bond donors (Lipinski definition) is 0. The zero-order valence-electron chi connectivity index (χ0n) is 16.9. The zero-order valence-corrected chi connectivity index (χ0v) is 17.7. The Morgan fingerprint density at radius 3 is 2.70 bits per heavy atom. The summed E-state index contributed by atoms with van der Waals surface area (Å²) >= 11 is 1.30. The molecule has 3 heterocycles. The summed E-state index contributed by atoms with van der Waals surface area (Å²) in [5.41, 5.74) is 1.48. The smallest absolute Gasteiger partial charge is 0.291 e. The van der Waals surface area contributed by atoms with Crippen LogP contribution >= 0.6 is 11.3 Å². The lowest BCUT2D eigenvalue weighted by molar-refractivity contribution is 0.286. The fourth-order valence-corrected chi connectivity index (χ4v) is 3.94. The number of ether oxygens (including phenoxy) is 2. The average molecular weight is 423 g/mol. The van der Waals surface area contributed by atoms with E-state index < -0.39 is 0 Å². The second-order valence-corrected chi connectivity index (χ2v) is 7.76. The van der Waals surface area contributed by atoms with Crippen molar-refractivity contribution in [3.05, 3.63) is 63.2 Å². The summed E-state index contributed by atoms with van der Waals surface area (Å²) in [7, 11) is 1.61. The van der Waals surface area contributed by atoms with E-state index in [1.807, 2.05) is 36.4 Å². The third-order valence-electron chi connectivity index (χ3n) is 4.61. The van der Waals surface area contributed by atoms with Gasteiger partial charge >= 0.3 is 0 Å². The molecule has 0 saturated carbocycles. The first kappa shape index (κ1) is 20.0. The van der Waals surface area contributed by atoms with Crippen molar-refractivity contribution in [2.45, 2.75) is 26.2 Å². The summed E-state index contributed by atoms with van der Waals surface area (Å²) in [5, 5.41) is 4.35. The topological polar surface area (TPSA) is 78.6 Å². The molecule has 0 fully saturated rings. The van der Waals surface area contributed by atoms with Crippen molar-refractivity contribution in [2.24, 2.45) is 0 Å². The number of pyridine rings is 1. The molecule has 7 nitrogen and oxygen atoms in total. The van der Waals surface area contributed by atoms with Crippen LogP contribution in [0.5, 0.6) is 11.5 Å². The van der Waals surface area contributed by atoms with Gasteiger partial charge in [-0.25, -0.2) is 0 Å². The first-order valence-corrected chi connectivity index (χ1v) is 10.6. The van der Waals surface area contributed by atoms with E-state index in [-0.39, 0.29) is 5.56 Å². The molecule has 0 aliphatic carbocycles. The lowest BCUT2D eigenvalue weighted by Crippen LogP contribution is -2.23. The van der Waals surface area contributed by atoms with Crippen molar-refractivity contribution in [1.82, 2.24) is 19.6 Å². The Kier molecular flexibility index (Phi) is 6.04. The standard InChI is InChI=1S/C22H22N4O3S/c1-3-4-5-12-29-17-7-6-15(13-18(17)28-2)14-19-21(27)26-22(30-19)24-20(25-26)16-8-10-23-11-9-16/h6-11,13-14H,3-5,12H2,1-2H3/b19-14-. The molecule has 4 aromatic rings. The van der Waals surface area contributed by atoms with Crippen molar-refractivity contribution in [3.63, 3.8) is 0 Å². The largest absolute Gasteiger partial charge is 0.493 e. The van der Waals surface area contributed by atoms with Crippen molar-refractivity contribution in [3.8, 4) is 22.9 Å². The predicted molar refractivity (Wildman–Crippen MR) is 117 cm³/mol. The molecule has 0 amide bonds. The maximum Gasteiger partial charge on any atom is 0.291 e. The second kappa shape index (κ2) is 9.04. The normalized spacial score (nSPS) is 11.9. The van der Waals surface area contributed by atoms with Gasteiger partial charge in [-0.05, 0) is 42.3 Å². The van der Waals surface area contributed by atoms with E-state index >= 15 is 0 Å². The summed E-state index contributed by atoms with van der Waals surface area (Å²) in [6, 6.07) is 9.28. The van der Waals surface area contributed by atoms with Crippen LogP contribution in [-0.2, 0) is 0 Å². The van der Waals surface area contributed by atoms with E-state index in [4.69, 9.17) is 9.47 Å². The number of aromatic nitrogens is 4. The minimum atomic E-state index is -0.193. The third-order valence-corrected chi connectivity index (χ3v) is 5.57. The van der Waals surface area contributed by atoms with Crippen LogP contribution in [-0.4, -0.2) is 33.3 Å². The molecule has 0 aliphatic heterocycles. The highest BCUT2D eigenvalue weighted by Gasteiger charge is 2.12. The van der Waals surface area contributed by atoms with Gasteiger partial charge in [0.25, 0.3) is 5.56 Å². The minimum absolute atomic E-state index is 0.193. The molecule has 0 unspecified atom stereocenters. The summed E-state index contributed by atoms with van der Waals surface area (Å²) in [6.45, 7) is 2.82. The molecule has 30 heavy (non-hydrogen) atoms. The molecule has 0 bridgehead atoms. The maximum atomic E-state index is 12.8. The van der Waals surface area contributed by atoms with Crippen LogP contribution in [0.15, 0.2) is 47.5 Å². The van der Waals surface area contributed by atoms with Gasteiger partial charge in [0.2, 0.25) is 4.96 Å². The van der Waals surface area contributed by atoms with Crippen molar-refractivity contribution >= 4 is 22.4 Å². The van der Waals surface area contributed by atoms with E-state index in [2.05, 4.69) is 22.0 Å². The number of unbranched alkanes of at least 4 members (excludes halogenated alkanes) is 2. The molecular weight excluding hydrogens is 400 g/mol. The van der Waals surface area contributed by atoms with E-state index in [1.165, 1.54) is 15.9 Å². The van der Waals surface area contributed by atoms with Crippen LogP contribution in [0, 0.1) is 0 Å². The first-order valence-electron chi connectivity index (χ1n) is 9.82. The van der Waals surface area contributed by atoms with Gasteiger partial charge in [0.1, 0.15) is 0 Å². The molecule has 0 saturated heterocycles. The zero-order chi connectivity index (χ0) is 20.9. The highest BCUT2D eigenvalue weighted by atomic mass is 32.1. The molecule has 8 heteroatoms. The summed E-state index contributed by atoms with van der Waals surface area (Å²) in [5.74, 6) is 1.86. The lowest BCUT2D eigenvalue weighted by atomic mass is 10.2. The molecule has 3 aromatic heterocycles. The summed E-state index contributed by atoms with van der Waals surface area (Å²) in [6.07, 6.45) is 8.46. The number of nitrogens with zero attached hydrogens (tertiary/aromatic N) is 4. The van der Waals surface area contributed by atoms with Gasteiger partial charge in [0, 0.05) is 18.0 Å². The Morgan fingerprint density at radius 1 is 1.13 bits per heavy atom. The van der Waals surface area contributed by atoms with Crippen molar-refractivity contribution in [1.29, 1.82) is 0 Å². The van der Waals surface area contributed by atoms with Crippen molar-refractivity contribution in [2.75, 3.05) is 13.7 Å². The van der Waals surface area contributed by atoms with Crippen LogP contribution in [0.2, 0.25) is 0 Å². The van der Waals surface area contributed by atoms with Gasteiger partial charge in [-0.15, -0.1) is 5.10 Å². The number of methoxy groups -OCH3 is 1. The number of fused-ring (bicyclic) bond motifs is 1. The molecule has 1 aromatic carbocycles. The first-order chi connectivity index (χ1) is 14.7. The van der Waals surface area contributed by atoms with E-state index in [1.54, 1.807) is 19.5 Å². The van der Waals surface area contributed by atoms with Crippen LogP contribution in [0.1, 0.15) is 31.7 Å². The SMILES string of the molecule is CCCCCOc1ccc(/C=c2\sc3nc(-c4ccncc4)nn3c2=O)cc1OC. The van der Waals surface area contributed by atoms with Crippen LogP contribution in [0.25, 0.3) is 22.4 Å². The second-order valence-electron chi connectivity index (χ2n) is 6.75. The molecule has 0 radical (unpaired) electrons. The van der Waals surface area contributed by atoms with Gasteiger partial charge in [-0.2, -0.15) is 9.50 Å². The molecule has 154 valence electrons. The number of rotatable bonds is 8. The van der Waals surface area contributed by atoms with Gasteiger partial charge in [-0.3, -0.25) is 9.78 Å². The molecule has 0 spiro atoms. The Bertz CT molecular complexity index is 1250. The molecule has 4 rings (SSSR count). The quantitative estimate of drug-likeness (QED) is 0.405. The Balaban J connectivity index is 1.62. The van der Waals surface area contributed by atoms with E-state index in [9.17, 15) is 4.79 Å². The third kappa shape index (κ3) is 4.18. The maximum absolute atomic E-state index is 12.8. The number of thiazole rings is 1. The Labute approximate surface area is 177 Å². The average Bonchev–Trinajstić information content (AvgIpc) is 3.32. The van der Waals surface area contributed by atoms with Crippen LogP contribution < -0.4 is 19.6 Å². The van der Waals surface area contributed by atoms with Crippen LogP contribution in [0.3, 0.4) is 0 Å². The highest BCUT2D eigenvalue weighted by Crippen LogP contribution is 2.28. The number of hydrogen-bond acceptors (Lipinski definition) is 7. The van der Waals surface area contributed by atoms with Gasteiger partial charge in [0.15, 0.2) is 17.3 Å². The molecule has 0 N–H and O–H groups in total. The van der Waals surface area contributed by atoms with Crippen LogP contribution in [0.4, 0.5) is 0 Å². The lowest BCUT2D eigenvalue weighted by Gasteiger charge is -2.11. The Hall–Kier alpha value is -3.26. The fraction of sp³-hybridized carbons (Fsp3) is 0.273. The van der Waals surface area contributed by atoms with Gasteiger partial charge < -0.3 is 9.47 Å².